The standard InChI is InChI=1S/C18H16FN3O3/c1-11-13(9-12(10-20)25-11)17(23)21(2)16-7-8-22(18(16)24)15-6-4-3-5-14(15)19/h3-6,9,16H,7-8H2,1-2H3. The lowest BCUT2D eigenvalue weighted by Crippen LogP contribution is -2.43. The van der Waals surface area contributed by atoms with Crippen LogP contribution < -0.4 is 4.90 Å². The van der Waals surface area contributed by atoms with E-state index in [0.717, 1.165) is 0 Å². The van der Waals surface area contributed by atoms with Crippen molar-refractivity contribution >= 4 is 17.5 Å². The molecule has 1 unspecified atom stereocenters. The number of carbonyl (C=O) groups excluding carboxylic acids is 2. The summed E-state index contributed by atoms with van der Waals surface area (Å²) < 4.78 is 19.1. The van der Waals surface area contributed by atoms with Gasteiger partial charge in [0.15, 0.2) is 0 Å². The molecule has 1 aromatic carbocycles. The summed E-state index contributed by atoms with van der Waals surface area (Å²) in [5.41, 5.74) is 0.457. The Morgan fingerprint density at radius 1 is 1.44 bits per heavy atom. The normalized spacial score (nSPS) is 16.8. The van der Waals surface area contributed by atoms with Crippen LogP contribution in [-0.4, -0.2) is 36.3 Å². The van der Waals surface area contributed by atoms with Crippen LogP contribution in [0.2, 0.25) is 0 Å². The Labute approximate surface area is 144 Å². The third-order valence-corrected chi connectivity index (χ3v) is 4.37. The van der Waals surface area contributed by atoms with Gasteiger partial charge in [0.2, 0.25) is 11.7 Å². The van der Waals surface area contributed by atoms with Crippen LogP contribution in [0.4, 0.5) is 10.1 Å². The predicted octanol–water partition coefficient (Wildman–Crippen LogP) is 2.48. The highest BCUT2D eigenvalue weighted by Gasteiger charge is 2.38. The van der Waals surface area contributed by atoms with Gasteiger partial charge in [0.05, 0.1) is 11.3 Å². The number of para-hydroxylation sites is 1. The number of anilines is 1. The summed E-state index contributed by atoms with van der Waals surface area (Å²) in [5.74, 6) is -0.848. The van der Waals surface area contributed by atoms with Crippen LogP contribution in [0.25, 0.3) is 0 Å². The number of furan rings is 1. The Morgan fingerprint density at radius 3 is 2.80 bits per heavy atom. The SMILES string of the molecule is Cc1oc(C#N)cc1C(=O)N(C)C1CCN(c2ccccc2F)C1=O. The van der Waals surface area contributed by atoms with E-state index in [-0.39, 0.29) is 22.9 Å². The number of aryl methyl sites for hydroxylation is 1. The molecule has 2 amide bonds. The first kappa shape index (κ1) is 16.7. The largest absolute Gasteiger partial charge is 0.450 e. The monoisotopic (exact) mass is 341 g/mol. The van der Waals surface area contributed by atoms with Crippen LogP contribution in [0.3, 0.4) is 0 Å². The second-order valence-electron chi connectivity index (χ2n) is 5.85. The average molecular weight is 341 g/mol. The van der Waals surface area contributed by atoms with E-state index in [9.17, 15) is 14.0 Å². The van der Waals surface area contributed by atoms with Gasteiger partial charge in [-0.15, -0.1) is 0 Å². The zero-order valence-corrected chi connectivity index (χ0v) is 13.8. The van der Waals surface area contributed by atoms with Crippen molar-refractivity contribution in [3.05, 3.63) is 53.2 Å². The Morgan fingerprint density at radius 2 is 2.16 bits per heavy atom. The number of nitriles is 1. The lowest BCUT2D eigenvalue weighted by atomic mass is 10.1. The number of halogens is 1. The Bertz CT molecular complexity index is 884. The summed E-state index contributed by atoms with van der Waals surface area (Å²) in [6.45, 7) is 1.92. The quantitative estimate of drug-likeness (QED) is 0.859. The van der Waals surface area contributed by atoms with Gasteiger partial charge in [0, 0.05) is 19.7 Å². The Kier molecular flexibility index (Phi) is 4.28. The number of rotatable bonds is 3. The third-order valence-electron chi connectivity index (χ3n) is 4.37. The summed E-state index contributed by atoms with van der Waals surface area (Å²) in [7, 11) is 1.52. The molecular weight excluding hydrogens is 325 g/mol. The summed E-state index contributed by atoms with van der Waals surface area (Å²) in [4.78, 5) is 28.0. The molecule has 1 saturated heterocycles. The molecule has 1 aliphatic heterocycles. The van der Waals surface area contributed by atoms with E-state index in [0.29, 0.717) is 18.7 Å². The zero-order valence-electron chi connectivity index (χ0n) is 13.8. The molecule has 7 heteroatoms. The molecule has 0 N–H and O–H groups in total. The molecule has 6 nitrogen and oxygen atoms in total. The molecule has 1 atom stereocenters. The van der Waals surface area contributed by atoms with Gasteiger partial charge in [-0.3, -0.25) is 9.59 Å². The van der Waals surface area contributed by atoms with E-state index in [1.165, 1.54) is 35.0 Å². The van der Waals surface area contributed by atoms with Gasteiger partial charge in [0.25, 0.3) is 5.91 Å². The van der Waals surface area contributed by atoms with Gasteiger partial charge in [-0.25, -0.2) is 4.39 Å². The Balaban J connectivity index is 1.82. The molecule has 25 heavy (non-hydrogen) atoms. The number of carbonyl (C=O) groups is 2. The van der Waals surface area contributed by atoms with Crippen molar-refractivity contribution in [2.75, 3.05) is 18.5 Å². The number of nitrogens with zero attached hydrogens (tertiary/aromatic N) is 3. The topological polar surface area (TPSA) is 77.6 Å². The van der Waals surface area contributed by atoms with E-state index < -0.39 is 17.8 Å². The maximum Gasteiger partial charge on any atom is 0.257 e. The minimum atomic E-state index is -0.688. The molecule has 128 valence electrons. The van der Waals surface area contributed by atoms with Crippen molar-refractivity contribution in [2.45, 2.75) is 19.4 Å². The van der Waals surface area contributed by atoms with Crippen molar-refractivity contribution in [3.8, 4) is 6.07 Å². The predicted molar refractivity (Wildman–Crippen MR) is 87.4 cm³/mol. The van der Waals surface area contributed by atoms with Crippen LogP contribution >= 0.6 is 0 Å². The second-order valence-corrected chi connectivity index (χ2v) is 5.85. The van der Waals surface area contributed by atoms with Gasteiger partial charge in [0.1, 0.15) is 23.7 Å². The summed E-state index contributed by atoms with van der Waals surface area (Å²) in [5, 5.41) is 8.87. The highest BCUT2D eigenvalue weighted by Crippen LogP contribution is 2.27. The van der Waals surface area contributed by atoms with E-state index in [2.05, 4.69) is 0 Å². The summed E-state index contributed by atoms with van der Waals surface area (Å²) >= 11 is 0. The van der Waals surface area contributed by atoms with Crippen molar-refractivity contribution in [3.63, 3.8) is 0 Å². The van der Waals surface area contributed by atoms with Crippen LogP contribution in [0.15, 0.2) is 34.7 Å². The number of likely N-dealkylation sites (N-methyl/N-ethyl adjacent to an activating group) is 1. The molecule has 0 radical (unpaired) electrons. The first-order valence-electron chi connectivity index (χ1n) is 7.77. The first-order chi connectivity index (χ1) is 11.9. The minimum absolute atomic E-state index is 0.0416. The fraction of sp³-hybridized carbons (Fsp3) is 0.278. The summed E-state index contributed by atoms with van der Waals surface area (Å²) in [6, 6.07) is 8.56. The number of benzene rings is 1. The van der Waals surface area contributed by atoms with Crippen molar-refractivity contribution in [2.24, 2.45) is 0 Å². The molecule has 1 aromatic heterocycles. The Hall–Kier alpha value is -3.14. The van der Waals surface area contributed by atoms with Crippen LogP contribution in [0.5, 0.6) is 0 Å². The van der Waals surface area contributed by atoms with Gasteiger partial charge < -0.3 is 14.2 Å². The minimum Gasteiger partial charge on any atom is -0.450 e. The van der Waals surface area contributed by atoms with Crippen molar-refractivity contribution < 1.29 is 18.4 Å². The molecule has 1 fully saturated rings. The number of amides is 2. The van der Waals surface area contributed by atoms with Crippen LogP contribution in [0, 0.1) is 24.1 Å². The van der Waals surface area contributed by atoms with Crippen molar-refractivity contribution in [1.29, 1.82) is 5.26 Å². The summed E-state index contributed by atoms with van der Waals surface area (Å²) in [6.07, 6.45) is 0.400. The highest BCUT2D eigenvalue weighted by molar-refractivity contribution is 6.04. The molecule has 0 aliphatic carbocycles. The van der Waals surface area contributed by atoms with Gasteiger partial charge in [-0.05, 0) is 25.5 Å². The maximum absolute atomic E-state index is 13.9. The van der Waals surface area contributed by atoms with E-state index in [1.807, 2.05) is 6.07 Å². The lowest BCUT2D eigenvalue weighted by molar-refractivity contribution is -0.120. The molecule has 1 aliphatic rings. The smallest absolute Gasteiger partial charge is 0.257 e. The second kappa shape index (κ2) is 6.40. The molecule has 0 saturated carbocycles. The first-order valence-corrected chi connectivity index (χ1v) is 7.77. The van der Waals surface area contributed by atoms with Gasteiger partial charge >= 0.3 is 0 Å². The van der Waals surface area contributed by atoms with Gasteiger partial charge in [-0.1, -0.05) is 12.1 Å². The molecular formula is C18H16FN3O3. The molecule has 2 heterocycles. The fourth-order valence-electron chi connectivity index (χ4n) is 3.02. The molecule has 3 rings (SSSR count). The zero-order chi connectivity index (χ0) is 18.1. The molecule has 2 aromatic rings. The lowest BCUT2D eigenvalue weighted by Gasteiger charge is -2.24. The average Bonchev–Trinajstić information content (AvgIpc) is 3.17. The van der Waals surface area contributed by atoms with E-state index in [1.54, 1.807) is 19.1 Å². The van der Waals surface area contributed by atoms with Crippen LogP contribution in [0.1, 0.15) is 28.3 Å². The number of hydrogen-bond donors (Lipinski definition) is 0. The maximum atomic E-state index is 13.9. The number of hydrogen-bond acceptors (Lipinski definition) is 4. The third kappa shape index (κ3) is 2.87. The van der Waals surface area contributed by atoms with Crippen LogP contribution in [-0.2, 0) is 4.79 Å². The van der Waals surface area contributed by atoms with E-state index in [4.69, 9.17) is 9.68 Å². The molecule has 0 bridgehead atoms. The molecule has 0 spiro atoms. The highest BCUT2D eigenvalue weighted by atomic mass is 19.1. The van der Waals surface area contributed by atoms with Gasteiger partial charge in [-0.2, -0.15) is 5.26 Å². The van der Waals surface area contributed by atoms with E-state index >= 15 is 0 Å². The van der Waals surface area contributed by atoms with Crippen molar-refractivity contribution in [1.82, 2.24) is 4.90 Å². The fourth-order valence-corrected chi connectivity index (χ4v) is 3.02.